The summed E-state index contributed by atoms with van der Waals surface area (Å²) in [5.74, 6) is 0. The smallest absolute Gasteiger partial charge is 0.500 e. The third kappa shape index (κ3) is 8.91. The van der Waals surface area contributed by atoms with E-state index < -0.39 is 18.9 Å². The minimum atomic E-state index is -3.92. The quantitative estimate of drug-likeness (QED) is 0.415. The third-order valence-corrected chi connectivity index (χ3v) is 5.51. The second-order valence-electron chi connectivity index (χ2n) is 4.30. The molecule has 0 aliphatic rings. The first-order chi connectivity index (χ1) is 9.67. The average Bonchev–Trinajstić information content (AvgIpc) is 2.41. The first-order valence-corrected chi connectivity index (χ1v) is 9.92. The zero-order chi connectivity index (χ0) is 16.5. The highest BCUT2D eigenvalue weighted by atomic mass is 32.2. The molecule has 0 radical (unpaired) electrons. The second kappa shape index (κ2) is 9.23. The van der Waals surface area contributed by atoms with Gasteiger partial charge in [0.1, 0.15) is 7.05 Å². The van der Waals surface area contributed by atoms with Crippen molar-refractivity contribution in [3.63, 3.8) is 0 Å². The lowest BCUT2D eigenvalue weighted by molar-refractivity contribution is -0.679. The van der Waals surface area contributed by atoms with Gasteiger partial charge >= 0.3 is 8.80 Å². The summed E-state index contributed by atoms with van der Waals surface area (Å²) in [6.07, 6.45) is 3.52. The van der Waals surface area contributed by atoms with Crippen molar-refractivity contribution in [1.29, 1.82) is 0 Å². The van der Waals surface area contributed by atoms with Crippen molar-refractivity contribution in [3.8, 4) is 0 Å². The van der Waals surface area contributed by atoms with E-state index in [4.69, 9.17) is 26.2 Å². The molecule has 1 heterocycles. The number of nitrogens with zero attached hydrogens (tertiary/aromatic N) is 1. The number of aryl methyl sites for hydroxylation is 2. The van der Waals surface area contributed by atoms with Crippen LogP contribution in [0.4, 0.5) is 0 Å². The second-order valence-corrected chi connectivity index (χ2v) is 8.80. The van der Waals surface area contributed by atoms with Crippen molar-refractivity contribution in [2.45, 2.75) is 12.5 Å². The highest BCUT2D eigenvalue weighted by Crippen LogP contribution is 2.14. The van der Waals surface area contributed by atoms with Crippen LogP contribution in [0.1, 0.15) is 5.69 Å². The largest absolute Gasteiger partial charge is 0.748 e. The molecule has 0 unspecified atom stereocenters. The van der Waals surface area contributed by atoms with E-state index in [1.54, 1.807) is 21.3 Å². The van der Waals surface area contributed by atoms with Gasteiger partial charge in [0, 0.05) is 52.2 Å². The lowest BCUT2D eigenvalue weighted by atomic mass is 10.3. The number of pyridine rings is 1. The fraction of sp³-hybridized carbons (Fsp3) is 0.583. The highest BCUT2D eigenvalue weighted by molar-refractivity contribution is 7.84. The van der Waals surface area contributed by atoms with Crippen LogP contribution in [0, 0.1) is 0 Å². The molecule has 0 atom stereocenters. The third-order valence-electron chi connectivity index (χ3n) is 2.78. The molecule has 0 saturated carbocycles. The SMILES string of the molecule is CO[Si](CCc1cccc[n+]1C)(OC)OC.CS(=O)(=O)[O-]. The van der Waals surface area contributed by atoms with Crippen LogP contribution < -0.4 is 4.57 Å². The van der Waals surface area contributed by atoms with E-state index in [2.05, 4.69) is 10.6 Å². The molecule has 9 heteroatoms. The van der Waals surface area contributed by atoms with Gasteiger partial charge in [-0.3, -0.25) is 0 Å². The maximum absolute atomic E-state index is 9.08. The van der Waals surface area contributed by atoms with Crippen LogP contribution in [0.15, 0.2) is 24.4 Å². The zero-order valence-electron chi connectivity index (χ0n) is 13.0. The Balaban J connectivity index is 0.000000690. The van der Waals surface area contributed by atoms with Gasteiger partial charge in [-0.25, -0.2) is 13.0 Å². The summed E-state index contributed by atoms with van der Waals surface area (Å²) in [6, 6.07) is 6.93. The van der Waals surface area contributed by atoms with E-state index in [1.165, 1.54) is 5.69 Å². The predicted octanol–water partition coefficient (Wildman–Crippen LogP) is 0.0931. The molecule has 0 amide bonds. The molecule has 21 heavy (non-hydrogen) atoms. The minimum Gasteiger partial charge on any atom is -0.748 e. The molecular formula is C12H23NO6SSi. The minimum absolute atomic E-state index is 0.604. The van der Waals surface area contributed by atoms with Crippen LogP contribution in [-0.2, 0) is 36.9 Å². The van der Waals surface area contributed by atoms with Crippen LogP contribution in [0.25, 0.3) is 0 Å². The van der Waals surface area contributed by atoms with Gasteiger partial charge in [-0.2, -0.15) is 0 Å². The fourth-order valence-electron chi connectivity index (χ4n) is 1.66. The van der Waals surface area contributed by atoms with E-state index in [0.717, 1.165) is 12.5 Å². The standard InChI is InChI=1S/C11H20NO3Si.CH4O3S/c1-12-9-6-5-7-11(12)8-10-16(13-2,14-3)15-4;1-5(2,3)4/h5-7,9H,8,10H2,1-4H3;1H3,(H,2,3,4)/q+1;/p-1. The van der Waals surface area contributed by atoms with E-state index in [0.29, 0.717) is 6.26 Å². The van der Waals surface area contributed by atoms with Gasteiger partial charge in [0.15, 0.2) is 11.9 Å². The normalized spacial score (nSPS) is 11.7. The van der Waals surface area contributed by atoms with Gasteiger partial charge < -0.3 is 17.8 Å². The van der Waals surface area contributed by atoms with Gasteiger partial charge in [-0.1, -0.05) is 6.07 Å². The lowest BCUT2D eigenvalue weighted by Crippen LogP contribution is -2.44. The molecule has 0 bridgehead atoms. The molecule has 0 fully saturated rings. The van der Waals surface area contributed by atoms with Gasteiger partial charge in [-0.15, -0.1) is 0 Å². The monoisotopic (exact) mass is 337 g/mol. The molecule has 0 spiro atoms. The zero-order valence-corrected chi connectivity index (χ0v) is 14.8. The van der Waals surface area contributed by atoms with E-state index in [-0.39, 0.29) is 0 Å². The Morgan fingerprint density at radius 2 is 1.67 bits per heavy atom. The van der Waals surface area contributed by atoms with Crippen LogP contribution in [0.2, 0.25) is 6.04 Å². The molecule has 0 aliphatic heterocycles. The number of rotatable bonds is 6. The topological polar surface area (TPSA) is 88.8 Å². The summed E-state index contributed by atoms with van der Waals surface area (Å²) >= 11 is 0. The van der Waals surface area contributed by atoms with E-state index in [1.807, 2.05) is 25.4 Å². The van der Waals surface area contributed by atoms with Crippen molar-refractivity contribution in [1.82, 2.24) is 0 Å². The molecule has 0 aromatic carbocycles. The summed E-state index contributed by atoms with van der Waals surface area (Å²) in [6.45, 7) is 0. The predicted molar refractivity (Wildman–Crippen MR) is 78.5 cm³/mol. The number of aromatic nitrogens is 1. The summed E-state index contributed by atoms with van der Waals surface area (Å²) < 4.78 is 45.5. The molecule has 0 aliphatic carbocycles. The Hall–Kier alpha value is -0.843. The van der Waals surface area contributed by atoms with Crippen LogP contribution >= 0.6 is 0 Å². The summed E-state index contributed by atoms with van der Waals surface area (Å²) in [7, 11) is 0.609. The lowest BCUT2D eigenvalue weighted by Gasteiger charge is -2.23. The van der Waals surface area contributed by atoms with Crippen molar-refractivity contribution >= 4 is 18.9 Å². The van der Waals surface area contributed by atoms with Crippen molar-refractivity contribution < 1.29 is 30.8 Å². The maximum atomic E-state index is 9.08. The van der Waals surface area contributed by atoms with Gasteiger partial charge in [0.25, 0.3) is 0 Å². The first kappa shape index (κ1) is 20.2. The van der Waals surface area contributed by atoms with Crippen molar-refractivity contribution in [2.24, 2.45) is 7.05 Å². The molecule has 1 aromatic heterocycles. The number of hydrogen-bond acceptors (Lipinski definition) is 6. The summed E-state index contributed by atoms with van der Waals surface area (Å²) in [5.41, 5.74) is 1.24. The first-order valence-electron chi connectivity index (χ1n) is 6.17. The van der Waals surface area contributed by atoms with Gasteiger partial charge in [0.2, 0.25) is 0 Å². The molecule has 0 saturated heterocycles. The Morgan fingerprint density at radius 1 is 1.19 bits per heavy atom. The molecule has 1 rings (SSSR count). The summed E-state index contributed by atoms with van der Waals surface area (Å²) in [5, 5.41) is 0. The van der Waals surface area contributed by atoms with Crippen molar-refractivity contribution in [3.05, 3.63) is 30.1 Å². The van der Waals surface area contributed by atoms with Crippen LogP contribution in [0.3, 0.4) is 0 Å². The van der Waals surface area contributed by atoms with Gasteiger partial charge in [-0.05, 0) is 0 Å². The number of hydrogen-bond donors (Lipinski definition) is 0. The average molecular weight is 337 g/mol. The van der Waals surface area contributed by atoms with Crippen LogP contribution in [-0.4, -0.2) is 49.4 Å². The highest BCUT2D eigenvalue weighted by Gasteiger charge is 2.38. The van der Waals surface area contributed by atoms with E-state index in [9.17, 15) is 0 Å². The molecule has 7 nitrogen and oxygen atoms in total. The Morgan fingerprint density at radius 3 is 2.05 bits per heavy atom. The molecule has 122 valence electrons. The molecule has 1 aromatic rings. The van der Waals surface area contributed by atoms with Crippen LogP contribution in [0.5, 0.6) is 0 Å². The van der Waals surface area contributed by atoms with Gasteiger partial charge in [0.05, 0.1) is 10.1 Å². The Kier molecular flexibility index (Phi) is 8.86. The fourth-order valence-corrected chi connectivity index (χ4v) is 3.33. The van der Waals surface area contributed by atoms with E-state index >= 15 is 0 Å². The molecule has 0 N–H and O–H groups in total. The maximum Gasteiger partial charge on any atom is 0.500 e. The Bertz CT molecular complexity index is 502. The summed E-state index contributed by atoms with van der Waals surface area (Å²) in [4.78, 5) is 0. The van der Waals surface area contributed by atoms with Crippen molar-refractivity contribution in [2.75, 3.05) is 27.6 Å². The molecular weight excluding hydrogens is 314 g/mol. The Labute approximate surface area is 127 Å².